The lowest BCUT2D eigenvalue weighted by Crippen LogP contribution is -2.34. The summed E-state index contributed by atoms with van der Waals surface area (Å²) in [7, 11) is 0. The highest BCUT2D eigenvalue weighted by atomic mass is 32.1. The predicted molar refractivity (Wildman–Crippen MR) is 111 cm³/mol. The van der Waals surface area contributed by atoms with Crippen molar-refractivity contribution in [1.82, 2.24) is 5.01 Å². The largest absolute Gasteiger partial charge is 0.479 e. The van der Waals surface area contributed by atoms with E-state index in [0.717, 1.165) is 10.6 Å². The Hall–Kier alpha value is -3.39. The Labute approximate surface area is 177 Å². The molecule has 0 saturated heterocycles. The summed E-state index contributed by atoms with van der Waals surface area (Å²) in [5.41, 5.74) is 0.798. The van der Waals surface area contributed by atoms with Gasteiger partial charge in [0, 0.05) is 6.42 Å². The molecule has 2 atom stereocenters. The van der Waals surface area contributed by atoms with Gasteiger partial charge in [0.15, 0.2) is 12.7 Å². The first-order valence-electron chi connectivity index (χ1n) is 9.47. The Morgan fingerprint density at radius 2 is 2.03 bits per heavy atom. The fourth-order valence-electron chi connectivity index (χ4n) is 3.10. The standard InChI is InChI=1S/C22H20N2O5S/c1-15(29-16-7-3-2-4-8-16)22(26)28-14-21(25)24-18(19-9-5-11-27-19)13-17(23-24)20-10-6-12-30-20/h2-12,15,18H,13-14H2,1H3. The van der Waals surface area contributed by atoms with Gasteiger partial charge in [-0.3, -0.25) is 4.79 Å². The van der Waals surface area contributed by atoms with E-state index < -0.39 is 24.6 Å². The van der Waals surface area contributed by atoms with Gasteiger partial charge in [-0.05, 0) is 42.6 Å². The van der Waals surface area contributed by atoms with Crippen LogP contribution in [0.1, 0.15) is 30.0 Å². The van der Waals surface area contributed by atoms with E-state index >= 15 is 0 Å². The molecule has 2 unspecified atom stereocenters. The summed E-state index contributed by atoms with van der Waals surface area (Å²) in [6.07, 6.45) is 1.25. The molecule has 0 bridgehead atoms. The molecule has 8 heteroatoms. The maximum atomic E-state index is 12.8. The van der Waals surface area contributed by atoms with Gasteiger partial charge in [-0.2, -0.15) is 5.10 Å². The van der Waals surface area contributed by atoms with Gasteiger partial charge in [0.1, 0.15) is 17.6 Å². The van der Waals surface area contributed by atoms with Crippen LogP contribution in [0.3, 0.4) is 0 Å². The molecule has 1 aliphatic rings. The molecule has 0 fully saturated rings. The third-order valence-corrected chi connectivity index (χ3v) is 5.49. The molecule has 0 saturated carbocycles. The van der Waals surface area contributed by atoms with Crippen LogP contribution in [0, 0.1) is 0 Å². The summed E-state index contributed by atoms with van der Waals surface area (Å²) >= 11 is 1.56. The summed E-state index contributed by atoms with van der Waals surface area (Å²) in [4.78, 5) is 26.1. The molecule has 2 aromatic heterocycles. The van der Waals surface area contributed by atoms with Crippen LogP contribution in [0.15, 0.2) is 75.8 Å². The van der Waals surface area contributed by atoms with Gasteiger partial charge in [-0.15, -0.1) is 11.3 Å². The maximum Gasteiger partial charge on any atom is 0.347 e. The van der Waals surface area contributed by atoms with Crippen LogP contribution >= 0.6 is 11.3 Å². The molecule has 4 rings (SSSR count). The van der Waals surface area contributed by atoms with Crippen molar-refractivity contribution in [2.24, 2.45) is 5.10 Å². The zero-order valence-electron chi connectivity index (χ0n) is 16.3. The van der Waals surface area contributed by atoms with Gasteiger partial charge in [-0.25, -0.2) is 9.80 Å². The summed E-state index contributed by atoms with van der Waals surface area (Å²) in [5.74, 6) is 0.133. The molecule has 1 aliphatic heterocycles. The second-order valence-corrected chi connectivity index (χ2v) is 7.63. The van der Waals surface area contributed by atoms with E-state index in [4.69, 9.17) is 13.9 Å². The number of thiophene rings is 1. The number of benzene rings is 1. The molecule has 154 valence electrons. The highest BCUT2D eigenvalue weighted by molar-refractivity contribution is 7.12. The molecule has 7 nitrogen and oxygen atoms in total. The van der Waals surface area contributed by atoms with Crippen LogP contribution in [0.5, 0.6) is 5.75 Å². The van der Waals surface area contributed by atoms with E-state index in [2.05, 4.69) is 5.10 Å². The molecule has 0 spiro atoms. The Morgan fingerprint density at radius 3 is 2.73 bits per heavy atom. The number of para-hydroxylation sites is 1. The second kappa shape index (κ2) is 8.96. The molecule has 1 amide bonds. The van der Waals surface area contributed by atoms with Gasteiger partial charge in [0.25, 0.3) is 5.91 Å². The molecule has 3 aromatic rings. The zero-order valence-corrected chi connectivity index (χ0v) is 17.1. The lowest BCUT2D eigenvalue weighted by Gasteiger charge is -2.20. The first-order chi connectivity index (χ1) is 14.6. The average Bonchev–Trinajstić information content (AvgIpc) is 3.52. The van der Waals surface area contributed by atoms with Gasteiger partial charge >= 0.3 is 5.97 Å². The normalized spacial score (nSPS) is 16.8. The van der Waals surface area contributed by atoms with Crippen molar-refractivity contribution in [3.63, 3.8) is 0 Å². The third-order valence-electron chi connectivity index (χ3n) is 4.57. The molecule has 1 aromatic carbocycles. The van der Waals surface area contributed by atoms with Crippen molar-refractivity contribution in [3.05, 3.63) is 76.9 Å². The number of carbonyl (C=O) groups is 2. The van der Waals surface area contributed by atoms with Crippen LogP contribution in [0.25, 0.3) is 0 Å². The number of rotatable bonds is 7. The summed E-state index contributed by atoms with van der Waals surface area (Å²) in [5, 5.41) is 7.78. The number of ether oxygens (including phenoxy) is 2. The van der Waals surface area contributed by atoms with E-state index in [-0.39, 0.29) is 6.04 Å². The highest BCUT2D eigenvalue weighted by Gasteiger charge is 2.35. The lowest BCUT2D eigenvalue weighted by atomic mass is 10.1. The number of hydrogen-bond donors (Lipinski definition) is 0. The summed E-state index contributed by atoms with van der Waals surface area (Å²) < 4.78 is 16.2. The number of carbonyl (C=O) groups excluding carboxylic acids is 2. The fourth-order valence-corrected chi connectivity index (χ4v) is 3.82. The van der Waals surface area contributed by atoms with Gasteiger partial charge in [-0.1, -0.05) is 24.3 Å². The van der Waals surface area contributed by atoms with Crippen molar-refractivity contribution >= 4 is 28.9 Å². The van der Waals surface area contributed by atoms with Crippen molar-refractivity contribution < 1.29 is 23.5 Å². The van der Waals surface area contributed by atoms with E-state index in [9.17, 15) is 9.59 Å². The van der Waals surface area contributed by atoms with Gasteiger partial charge < -0.3 is 13.9 Å². The van der Waals surface area contributed by atoms with Crippen LogP contribution in [0.2, 0.25) is 0 Å². The number of amides is 1. The zero-order chi connectivity index (χ0) is 20.9. The number of hydrazone groups is 1. The van der Waals surface area contributed by atoms with Crippen molar-refractivity contribution in [3.8, 4) is 5.75 Å². The van der Waals surface area contributed by atoms with Crippen molar-refractivity contribution in [2.45, 2.75) is 25.5 Å². The van der Waals surface area contributed by atoms with Crippen LogP contribution in [-0.2, 0) is 14.3 Å². The quantitative estimate of drug-likeness (QED) is 0.535. The van der Waals surface area contributed by atoms with Crippen molar-refractivity contribution in [1.29, 1.82) is 0 Å². The molecular weight excluding hydrogens is 404 g/mol. The first-order valence-corrected chi connectivity index (χ1v) is 10.3. The molecule has 0 aliphatic carbocycles. The minimum atomic E-state index is -0.843. The Balaban J connectivity index is 1.40. The predicted octanol–water partition coefficient (Wildman–Crippen LogP) is 4.03. The van der Waals surface area contributed by atoms with Crippen LogP contribution in [0.4, 0.5) is 0 Å². The highest BCUT2D eigenvalue weighted by Crippen LogP contribution is 2.34. The third kappa shape index (κ3) is 4.44. The Kier molecular flexibility index (Phi) is 5.94. The number of nitrogens with zero attached hydrogens (tertiary/aromatic N) is 2. The SMILES string of the molecule is CC(Oc1ccccc1)C(=O)OCC(=O)N1N=C(c2cccs2)CC1c1ccco1. The molecule has 0 radical (unpaired) electrons. The number of hydrogen-bond acceptors (Lipinski definition) is 7. The Morgan fingerprint density at radius 1 is 1.20 bits per heavy atom. The monoisotopic (exact) mass is 424 g/mol. The molecule has 0 N–H and O–H groups in total. The summed E-state index contributed by atoms with van der Waals surface area (Å²) in [6, 6.07) is 16.0. The van der Waals surface area contributed by atoms with Gasteiger partial charge in [0.2, 0.25) is 0 Å². The first kappa shape index (κ1) is 19.9. The minimum absolute atomic E-state index is 0.374. The van der Waals surface area contributed by atoms with Gasteiger partial charge in [0.05, 0.1) is 16.9 Å². The molecule has 3 heterocycles. The van der Waals surface area contributed by atoms with Crippen LogP contribution in [-0.4, -0.2) is 35.3 Å². The number of furan rings is 1. The van der Waals surface area contributed by atoms with Crippen molar-refractivity contribution in [2.75, 3.05) is 6.61 Å². The maximum absolute atomic E-state index is 12.8. The van der Waals surface area contributed by atoms with E-state index in [0.29, 0.717) is 17.9 Å². The number of esters is 1. The minimum Gasteiger partial charge on any atom is -0.479 e. The Bertz CT molecular complexity index is 1020. The lowest BCUT2D eigenvalue weighted by molar-refractivity contribution is -0.158. The summed E-state index contributed by atoms with van der Waals surface area (Å²) in [6.45, 7) is 1.15. The van der Waals surface area contributed by atoms with E-state index in [1.807, 2.05) is 35.7 Å². The molecule has 30 heavy (non-hydrogen) atoms. The molecular formula is C22H20N2O5S. The smallest absolute Gasteiger partial charge is 0.347 e. The van der Waals surface area contributed by atoms with Crippen LogP contribution < -0.4 is 4.74 Å². The topological polar surface area (TPSA) is 81.3 Å². The second-order valence-electron chi connectivity index (χ2n) is 6.68. The average molecular weight is 424 g/mol. The van der Waals surface area contributed by atoms with E-state index in [1.54, 1.807) is 48.8 Å². The fraction of sp³-hybridized carbons (Fsp3) is 0.227. The van der Waals surface area contributed by atoms with E-state index in [1.165, 1.54) is 5.01 Å².